The van der Waals surface area contributed by atoms with Crippen LogP contribution in [0.25, 0.3) is 21.5 Å². The van der Waals surface area contributed by atoms with Crippen LogP contribution in [0.4, 0.5) is 0 Å². The first-order valence-electron chi connectivity index (χ1n) is 9.91. The number of aromatic hydroxyl groups is 1. The molecule has 29 heavy (non-hydrogen) atoms. The Balaban J connectivity index is 1.96. The lowest BCUT2D eigenvalue weighted by Crippen LogP contribution is -2.39. The van der Waals surface area contributed by atoms with Gasteiger partial charge in [0, 0.05) is 18.0 Å². The summed E-state index contributed by atoms with van der Waals surface area (Å²) < 4.78 is 16.4. The molecule has 1 saturated heterocycles. The minimum Gasteiger partial charge on any atom is -0.504 e. The minimum atomic E-state index is -0.572. The topological polar surface area (TPSA) is 71.4 Å². The van der Waals surface area contributed by atoms with Crippen LogP contribution >= 0.6 is 0 Å². The number of phenols is 1. The number of nitrogens with zero attached hydrogens (tertiary/aromatic N) is 1. The fourth-order valence-electron chi connectivity index (χ4n) is 5.20. The summed E-state index contributed by atoms with van der Waals surface area (Å²) in [6.45, 7) is 1.72. The SMILES string of the molecule is COc1ccc2c3c(c4cc(OC)c(OC)c(O)c4c2c1)CN1CCC[C@@H]1[C@H]3O. The van der Waals surface area contributed by atoms with Crippen molar-refractivity contribution in [1.29, 1.82) is 0 Å². The molecule has 2 atom stereocenters. The van der Waals surface area contributed by atoms with Crippen LogP contribution in [0.3, 0.4) is 0 Å². The van der Waals surface area contributed by atoms with Crippen LogP contribution in [0.5, 0.6) is 23.0 Å². The van der Waals surface area contributed by atoms with E-state index in [0.29, 0.717) is 22.6 Å². The van der Waals surface area contributed by atoms with E-state index < -0.39 is 6.10 Å². The molecule has 6 heteroatoms. The van der Waals surface area contributed by atoms with E-state index in [9.17, 15) is 10.2 Å². The summed E-state index contributed by atoms with van der Waals surface area (Å²) in [7, 11) is 4.70. The molecule has 1 fully saturated rings. The Labute approximate surface area is 169 Å². The smallest absolute Gasteiger partial charge is 0.203 e. The Bertz CT molecular complexity index is 1130. The second kappa shape index (κ2) is 6.68. The summed E-state index contributed by atoms with van der Waals surface area (Å²) in [5.41, 5.74) is 1.99. The number of hydrogen-bond donors (Lipinski definition) is 2. The number of rotatable bonds is 3. The van der Waals surface area contributed by atoms with Gasteiger partial charge in [-0.05, 0) is 64.9 Å². The van der Waals surface area contributed by atoms with Gasteiger partial charge >= 0.3 is 0 Å². The Morgan fingerprint density at radius 2 is 1.83 bits per heavy atom. The second-order valence-corrected chi connectivity index (χ2v) is 7.81. The molecule has 0 aliphatic carbocycles. The minimum absolute atomic E-state index is 0.0425. The van der Waals surface area contributed by atoms with Crippen LogP contribution in [0.15, 0.2) is 24.3 Å². The number of aliphatic hydroxyl groups excluding tert-OH is 1. The van der Waals surface area contributed by atoms with E-state index in [1.807, 2.05) is 24.3 Å². The van der Waals surface area contributed by atoms with E-state index >= 15 is 0 Å². The lowest BCUT2D eigenvalue weighted by molar-refractivity contribution is 0.0552. The summed E-state index contributed by atoms with van der Waals surface area (Å²) >= 11 is 0. The van der Waals surface area contributed by atoms with Crippen LogP contribution in [0, 0.1) is 0 Å². The lowest BCUT2D eigenvalue weighted by atomic mass is 9.83. The van der Waals surface area contributed by atoms with E-state index in [-0.39, 0.29) is 11.8 Å². The van der Waals surface area contributed by atoms with E-state index in [4.69, 9.17) is 14.2 Å². The molecule has 0 saturated carbocycles. The van der Waals surface area contributed by atoms with E-state index in [1.54, 1.807) is 14.2 Å². The molecular weight excluding hydrogens is 370 g/mol. The molecule has 0 bridgehead atoms. The van der Waals surface area contributed by atoms with Crippen molar-refractivity contribution < 1.29 is 24.4 Å². The van der Waals surface area contributed by atoms with Crippen molar-refractivity contribution in [2.24, 2.45) is 0 Å². The van der Waals surface area contributed by atoms with E-state index in [0.717, 1.165) is 53.2 Å². The Kier molecular flexibility index (Phi) is 4.22. The van der Waals surface area contributed by atoms with Gasteiger partial charge in [0.25, 0.3) is 0 Å². The maximum absolute atomic E-state index is 11.3. The maximum atomic E-state index is 11.3. The molecule has 2 aliphatic rings. The molecule has 0 aromatic heterocycles. The van der Waals surface area contributed by atoms with Crippen molar-refractivity contribution in [3.05, 3.63) is 35.4 Å². The fourth-order valence-corrected chi connectivity index (χ4v) is 5.20. The highest BCUT2D eigenvalue weighted by Crippen LogP contribution is 2.51. The molecule has 2 aliphatic heterocycles. The van der Waals surface area contributed by atoms with Gasteiger partial charge < -0.3 is 24.4 Å². The van der Waals surface area contributed by atoms with Crippen molar-refractivity contribution >= 4 is 21.5 Å². The molecule has 0 radical (unpaired) electrons. The molecule has 6 nitrogen and oxygen atoms in total. The number of phenolic OH excluding ortho intramolecular Hbond substituents is 1. The number of hydrogen-bond acceptors (Lipinski definition) is 6. The van der Waals surface area contributed by atoms with Crippen LogP contribution in [-0.4, -0.2) is 49.0 Å². The van der Waals surface area contributed by atoms with Crippen LogP contribution in [0.1, 0.15) is 30.1 Å². The standard InChI is InChI=1S/C23H25NO5/c1-27-12-6-7-13-14(9-12)20-15(10-18(28-2)23(29-3)22(20)26)16-11-24-8-4-5-17(24)21(25)19(13)16/h6-7,9-10,17,21,25-26H,4-5,8,11H2,1-3H3/t17-,21-/m1/s1. The molecular formula is C23H25NO5. The van der Waals surface area contributed by atoms with Crippen molar-refractivity contribution in [1.82, 2.24) is 4.90 Å². The Morgan fingerprint density at radius 1 is 1.00 bits per heavy atom. The summed E-state index contributed by atoms with van der Waals surface area (Å²) in [6.07, 6.45) is 1.51. The molecule has 3 aromatic carbocycles. The van der Waals surface area contributed by atoms with E-state index in [2.05, 4.69) is 4.90 Å². The molecule has 0 spiro atoms. The first-order valence-corrected chi connectivity index (χ1v) is 9.91. The highest BCUT2D eigenvalue weighted by molar-refractivity contribution is 6.15. The zero-order chi connectivity index (χ0) is 20.3. The molecule has 152 valence electrons. The fraction of sp³-hybridized carbons (Fsp3) is 0.391. The predicted octanol–water partition coefficient (Wildman–Crippen LogP) is 3.74. The Morgan fingerprint density at radius 3 is 2.55 bits per heavy atom. The summed E-state index contributed by atoms with van der Waals surface area (Å²) in [5, 5.41) is 25.8. The summed E-state index contributed by atoms with van der Waals surface area (Å²) in [6, 6.07) is 7.85. The lowest BCUT2D eigenvalue weighted by Gasteiger charge is -2.37. The number of fused-ring (bicyclic) bond motifs is 7. The average molecular weight is 395 g/mol. The van der Waals surface area contributed by atoms with Crippen LogP contribution in [-0.2, 0) is 6.54 Å². The largest absolute Gasteiger partial charge is 0.504 e. The number of ether oxygens (including phenoxy) is 3. The molecule has 2 heterocycles. The van der Waals surface area contributed by atoms with Gasteiger partial charge in [-0.25, -0.2) is 0 Å². The Hall–Kier alpha value is -2.70. The highest BCUT2D eigenvalue weighted by Gasteiger charge is 2.39. The first-order chi connectivity index (χ1) is 14.1. The van der Waals surface area contributed by atoms with Gasteiger partial charge in [-0.2, -0.15) is 0 Å². The van der Waals surface area contributed by atoms with Gasteiger partial charge in [0.15, 0.2) is 11.5 Å². The molecule has 0 unspecified atom stereocenters. The van der Waals surface area contributed by atoms with Crippen molar-refractivity contribution in [2.75, 3.05) is 27.9 Å². The van der Waals surface area contributed by atoms with Gasteiger partial charge in [-0.15, -0.1) is 0 Å². The van der Waals surface area contributed by atoms with Gasteiger partial charge in [-0.1, -0.05) is 6.07 Å². The van der Waals surface area contributed by atoms with Crippen molar-refractivity contribution in [3.8, 4) is 23.0 Å². The van der Waals surface area contributed by atoms with Gasteiger partial charge in [-0.3, -0.25) is 4.90 Å². The molecule has 5 rings (SSSR count). The third-order valence-corrected chi connectivity index (χ3v) is 6.52. The molecule has 0 amide bonds. The number of methoxy groups -OCH3 is 3. The van der Waals surface area contributed by atoms with Crippen LogP contribution < -0.4 is 14.2 Å². The van der Waals surface area contributed by atoms with E-state index in [1.165, 1.54) is 7.11 Å². The first kappa shape index (κ1) is 18.3. The third kappa shape index (κ3) is 2.49. The van der Waals surface area contributed by atoms with Gasteiger partial charge in [0.05, 0.1) is 27.4 Å². The quantitative estimate of drug-likeness (QED) is 0.659. The van der Waals surface area contributed by atoms with Crippen LogP contribution in [0.2, 0.25) is 0 Å². The number of aliphatic hydroxyl groups is 1. The molecule has 3 aromatic rings. The van der Waals surface area contributed by atoms with Gasteiger partial charge in [0.1, 0.15) is 5.75 Å². The average Bonchev–Trinajstić information content (AvgIpc) is 3.22. The normalized spacial score (nSPS) is 21.2. The third-order valence-electron chi connectivity index (χ3n) is 6.52. The predicted molar refractivity (Wildman–Crippen MR) is 111 cm³/mol. The number of benzene rings is 3. The zero-order valence-corrected chi connectivity index (χ0v) is 16.9. The van der Waals surface area contributed by atoms with Crippen molar-refractivity contribution in [3.63, 3.8) is 0 Å². The summed E-state index contributed by atoms with van der Waals surface area (Å²) in [4.78, 5) is 2.34. The maximum Gasteiger partial charge on any atom is 0.203 e. The highest BCUT2D eigenvalue weighted by atomic mass is 16.5. The zero-order valence-electron chi connectivity index (χ0n) is 16.9. The molecule has 2 N–H and O–H groups in total. The summed E-state index contributed by atoms with van der Waals surface area (Å²) in [5.74, 6) is 1.51. The second-order valence-electron chi connectivity index (χ2n) is 7.81. The van der Waals surface area contributed by atoms with Gasteiger partial charge in [0.2, 0.25) is 5.75 Å². The monoisotopic (exact) mass is 395 g/mol. The van der Waals surface area contributed by atoms with Crippen molar-refractivity contribution in [2.45, 2.75) is 31.5 Å².